The summed E-state index contributed by atoms with van der Waals surface area (Å²) in [6.07, 6.45) is 5.49. The highest BCUT2D eigenvalue weighted by Gasteiger charge is 2.27. The SMILES string of the molecule is C[C@@H](NC(=O)/C=C/c1ccccc1F)c1ccc2c(c1)N(CC1CC1)CCO2. The zero-order valence-electron chi connectivity index (χ0n) is 16.0. The van der Waals surface area contributed by atoms with Crippen LogP contribution in [0.4, 0.5) is 10.1 Å². The molecule has 1 heterocycles. The quantitative estimate of drug-likeness (QED) is 0.759. The highest BCUT2D eigenvalue weighted by atomic mass is 19.1. The summed E-state index contributed by atoms with van der Waals surface area (Å²) in [5.41, 5.74) is 2.53. The molecule has 1 saturated carbocycles. The van der Waals surface area contributed by atoms with E-state index in [2.05, 4.69) is 16.3 Å². The molecule has 1 amide bonds. The molecule has 0 unspecified atom stereocenters. The van der Waals surface area contributed by atoms with Crippen molar-refractivity contribution in [3.63, 3.8) is 0 Å². The van der Waals surface area contributed by atoms with Crippen LogP contribution in [0.15, 0.2) is 48.5 Å². The molecule has 5 heteroatoms. The molecule has 0 spiro atoms. The second-order valence-corrected chi connectivity index (χ2v) is 7.55. The number of carbonyl (C=O) groups is 1. The minimum absolute atomic E-state index is 0.159. The van der Waals surface area contributed by atoms with Gasteiger partial charge in [-0.15, -0.1) is 0 Å². The number of nitrogens with one attached hydrogen (secondary N) is 1. The van der Waals surface area contributed by atoms with E-state index >= 15 is 0 Å². The molecular weight excluding hydrogens is 355 g/mol. The monoisotopic (exact) mass is 380 g/mol. The Morgan fingerprint density at radius 2 is 2.14 bits per heavy atom. The van der Waals surface area contributed by atoms with Gasteiger partial charge in [0.1, 0.15) is 18.2 Å². The van der Waals surface area contributed by atoms with Crippen molar-refractivity contribution in [1.82, 2.24) is 5.32 Å². The molecule has 2 aromatic carbocycles. The maximum atomic E-state index is 13.7. The number of carbonyl (C=O) groups excluding carboxylic acids is 1. The first-order chi connectivity index (χ1) is 13.6. The normalized spacial score (nSPS) is 17.1. The molecule has 0 aromatic heterocycles. The highest BCUT2D eigenvalue weighted by molar-refractivity contribution is 5.92. The van der Waals surface area contributed by atoms with Crippen LogP contribution >= 0.6 is 0 Å². The molecule has 28 heavy (non-hydrogen) atoms. The summed E-state index contributed by atoms with van der Waals surface area (Å²) in [6.45, 7) is 4.64. The van der Waals surface area contributed by atoms with Gasteiger partial charge in [0.15, 0.2) is 0 Å². The fourth-order valence-corrected chi connectivity index (χ4v) is 3.48. The lowest BCUT2D eigenvalue weighted by Gasteiger charge is -2.32. The van der Waals surface area contributed by atoms with Gasteiger partial charge in [0.05, 0.1) is 18.3 Å². The lowest BCUT2D eigenvalue weighted by atomic mass is 10.1. The molecule has 2 aromatic rings. The molecule has 1 aliphatic carbocycles. The van der Waals surface area contributed by atoms with E-state index in [1.54, 1.807) is 18.2 Å². The Hall–Kier alpha value is -2.82. The molecule has 146 valence electrons. The minimum atomic E-state index is -0.343. The van der Waals surface area contributed by atoms with Gasteiger partial charge < -0.3 is 15.0 Å². The molecule has 1 aliphatic heterocycles. The highest BCUT2D eigenvalue weighted by Crippen LogP contribution is 2.38. The van der Waals surface area contributed by atoms with Gasteiger partial charge in [-0.05, 0) is 55.5 Å². The van der Waals surface area contributed by atoms with Crippen LogP contribution in [0.25, 0.3) is 6.08 Å². The topological polar surface area (TPSA) is 41.6 Å². The van der Waals surface area contributed by atoms with Crippen LogP contribution < -0.4 is 15.0 Å². The fourth-order valence-electron chi connectivity index (χ4n) is 3.48. The molecule has 1 N–H and O–H groups in total. The lowest BCUT2D eigenvalue weighted by Crippen LogP contribution is -2.34. The Kier molecular flexibility index (Phi) is 5.33. The van der Waals surface area contributed by atoms with E-state index in [1.165, 1.54) is 31.1 Å². The third kappa shape index (κ3) is 4.35. The van der Waals surface area contributed by atoms with Gasteiger partial charge in [0.25, 0.3) is 0 Å². The van der Waals surface area contributed by atoms with Gasteiger partial charge in [-0.2, -0.15) is 0 Å². The van der Waals surface area contributed by atoms with E-state index < -0.39 is 0 Å². The van der Waals surface area contributed by atoms with Crippen molar-refractivity contribution in [2.75, 3.05) is 24.6 Å². The fraction of sp³-hybridized carbons (Fsp3) is 0.348. The molecule has 0 bridgehead atoms. The van der Waals surface area contributed by atoms with Crippen LogP contribution in [0.1, 0.15) is 36.9 Å². The van der Waals surface area contributed by atoms with Gasteiger partial charge in [0.2, 0.25) is 5.91 Å². The van der Waals surface area contributed by atoms with Crippen molar-refractivity contribution < 1.29 is 13.9 Å². The maximum Gasteiger partial charge on any atom is 0.244 e. The van der Waals surface area contributed by atoms with Crippen molar-refractivity contribution in [2.45, 2.75) is 25.8 Å². The molecule has 0 saturated heterocycles. The van der Waals surface area contributed by atoms with Gasteiger partial charge in [0, 0.05) is 18.2 Å². The van der Waals surface area contributed by atoms with Gasteiger partial charge in [-0.1, -0.05) is 24.3 Å². The summed E-state index contributed by atoms with van der Waals surface area (Å²) in [4.78, 5) is 14.7. The number of nitrogens with zero attached hydrogens (tertiary/aromatic N) is 1. The summed E-state index contributed by atoms with van der Waals surface area (Å²) >= 11 is 0. The molecule has 4 rings (SSSR count). The average Bonchev–Trinajstić information content (AvgIpc) is 3.51. The average molecular weight is 380 g/mol. The second kappa shape index (κ2) is 8.05. The van der Waals surface area contributed by atoms with Crippen LogP contribution in [0.3, 0.4) is 0 Å². The number of anilines is 1. The zero-order valence-corrected chi connectivity index (χ0v) is 16.0. The lowest BCUT2D eigenvalue weighted by molar-refractivity contribution is -0.117. The number of ether oxygens (including phenoxy) is 1. The molecule has 1 fully saturated rings. The summed E-state index contributed by atoms with van der Waals surface area (Å²) in [7, 11) is 0. The van der Waals surface area contributed by atoms with E-state index in [1.807, 2.05) is 19.1 Å². The number of hydrogen-bond donors (Lipinski definition) is 1. The van der Waals surface area contributed by atoms with E-state index in [-0.39, 0.29) is 17.8 Å². The summed E-state index contributed by atoms with van der Waals surface area (Å²) in [5, 5.41) is 2.95. The predicted octanol–water partition coefficient (Wildman–Crippen LogP) is 4.33. The number of rotatable bonds is 6. The van der Waals surface area contributed by atoms with Crippen molar-refractivity contribution in [2.24, 2.45) is 5.92 Å². The Morgan fingerprint density at radius 3 is 2.93 bits per heavy atom. The molecule has 2 aliphatic rings. The molecule has 0 radical (unpaired) electrons. The number of benzene rings is 2. The van der Waals surface area contributed by atoms with Crippen molar-refractivity contribution in [1.29, 1.82) is 0 Å². The third-order valence-electron chi connectivity index (χ3n) is 5.30. The smallest absolute Gasteiger partial charge is 0.244 e. The first kappa shape index (κ1) is 18.5. The number of fused-ring (bicyclic) bond motifs is 1. The standard InChI is InChI=1S/C23H25FN2O2/c1-16(25-23(27)11-9-18-4-2-3-5-20(18)24)19-8-10-22-21(14-19)26(12-13-28-22)15-17-6-7-17/h2-5,8-11,14,16-17H,6-7,12-13,15H2,1H3,(H,25,27)/b11-9+/t16-/m1/s1. The van der Waals surface area contributed by atoms with Gasteiger partial charge >= 0.3 is 0 Å². The first-order valence-electron chi connectivity index (χ1n) is 9.85. The van der Waals surface area contributed by atoms with Crippen LogP contribution in [0.5, 0.6) is 5.75 Å². The van der Waals surface area contributed by atoms with Crippen LogP contribution in [0.2, 0.25) is 0 Å². The van der Waals surface area contributed by atoms with Gasteiger partial charge in [-0.3, -0.25) is 4.79 Å². The first-order valence-corrected chi connectivity index (χ1v) is 9.85. The van der Waals surface area contributed by atoms with Crippen molar-refractivity contribution in [3.8, 4) is 5.75 Å². The van der Waals surface area contributed by atoms with Crippen molar-refractivity contribution in [3.05, 3.63) is 65.5 Å². The minimum Gasteiger partial charge on any atom is -0.490 e. The summed E-state index contributed by atoms with van der Waals surface area (Å²) < 4.78 is 19.5. The van der Waals surface area contributed by atoms with Crippen LogP contribution in [-0.2, 0) is 4.79 Å². The Morgan fingerprint density at radius 1 is 1.32 bits per heavy atom. The largest absolute Gasteiger partial charge is 0.490 e. The van der Waals surface area contributed by atoms with Crippen molar-refractivity contribution >= 4 is 17.7 Å². The predicted molar refractivity (Wildman–Crippen MR) is 109 cm³/mol. The summed E-state index contributed by atoms with van der Waals surface area (Å²) in [6, 6.07) is 12.3. The molecular formula is C23H25FN2O2. The Labute approximate surface area is 165 Å². The van der Waals surface area contributed by atoms with E-state index in [0.717, 1.165) is 36.0 Å². The second-order valence-electron chi connectivity index (χ2n) is 7.55. The summed E-state index contributed by atoms with van der Waals surface area (Å²) in [5.74, 6) is 1.12. The van der Waals surface area contributed by atoms with E-state index in [0.29, 0.717) is 12.2 Å². The van der Waals surface area contributed by atoms with Crippen LogP contribution in [-0.4, -0.2) is 25.6 Å². The molecule has 1 atom stereocenters. The zero-order chi connectivity index (χ0) is 19.5. The number of halogens is 1. The number of amides is 1. The molecule has 4 nitrogen and oxygen atoms in total. The Bertz CT molecular complexity index is 892. The van der Waals surface area contributed by atoms with Crippen LogP contribution in [0, 0.1) is 11.7 Å². The third-order valence-corrected chi connectivity index (χ3v) is 5.30. The Balaban J connectivity index is 1.43. The van der Waals surface area contributed by atoms with Gasteiger partial charge in [-0.25, -0.2) is 4.39 Å². The number of hydrogen-bond acceptors (Lipinski definition) is 3. The maximum absolute atomic E-state index is 13.7. The van der Waals surface area contributed by atoms with E-state index in [9.17, 15) is 9.18 Å². The van der Waals surface area contributed by atoms with E-state index in [4.69, 9.17) is 4.74 Å².